The van der Waals surface area contributed by atoms with E-state index in [4.69, 9.17) is 9.73 Å². The molecule has 1 aliphatic carbocycles. The summed E-state index contributed by atoms with van der Waals surface area (Å²) in [7, 11) is 0. The number of anilines is 1. The monoisotopic (exact) mass is 559 g/mol. The van der Waals surface area contributed by atoms with Crippen LogP contribution in [0.3, 0.4) is 0 Å². The molecule has 0 radical (unpaired) electrons. The molecular formula is C30H34FN7OS. The number of H-pyrrole nitrogens is 1. The highest BCUT2D eigenvalue weighted by Crippen LogP contribution is 2.36. The summed E-state index contributed by atoms with van der Waals surface area (Å²) >= 11 is 1.83. The van der Waals surface area contributed by atoms with Gasteiger partial charge in [-0.25, -0.2) is 4.39 Å². The molecule has 2 aliphatic heterocycles. The van der Waals surface area contributed by atoms with Gasteiger partial charge in [0.15, 0.2) is 5.82 Å². The fourth-order valence-electron chi connectivity index (χ4n) is 6.02. The molecule has 0 amide bonds. The van der Waals surface area contributed by atoms with Gasteiger partial charge in [0.1, 0.15) is 29.0 Å². The predicted molar refractivity (Wildman–Crippen MR) is 158 cm³/mol. The first-order valence-corrected chi connectivity index (χ1v) is 15.3. The molecule has 2 aromatic heterocycles. The highest BCUT2D eigenvalue weighted by atomic mass is 32.2. The molecule has 1 atom stereocenters. The van der Waals surface area contributed by atoms with Gasteiger partial charge in [-0.3, -0.25) is 9.89 Å². The lowest BCUT2D eigenvalue weighted by Crippen LogP contribution is -2.36. The molecule has 0 spiro atoms. The molecule has 1 fully saturated rings. The Morgan fingerprint density at radius 1 is 1.05 bits per heavy atom. The number of aliphatic imine (C=N–C) groups is 1. The molecule has 2 N–H and O–H groups in total. The van der Waals surface area contributed by atoms with Crippen molar-refractivity contribution < 1.29 is 9.13 Å². The summed E-state index contributed by atoms with van der Waals surface area (Å²) in [5, 5.41) is 14.2. The maximum absolute atomic E-state index is 13.1. The second-order valence-corrected chi connectivity index (χ2v) is 11.9. The van der Waals surface area contributed by atoms with E-state index < -0.39 is 6.67 Å². The van der Waals surface area contributed by atoms with Crippen molar-refractivity contribution in [1.29, 1.82) is 0 Å². The number of hydrogen-bond acceptors (Lipinski definition) is 7. The third-order valence-corrected chi connectivity index (χ3v) is 9.30. The number of alkyl halides is 1. The third kappa shape index (κ3) is 5.34. The van der Waals surface area contributed by atoms with Crippen LogP contribution in [0.4, 0.5) is 10.1 Å². The number of rotatable bonds is 9. The van der Waals surface area contributed by atoms with Crippen LogP contribution in [0.15, 0.2) is 53.5 Å². The SMILES string of the molecule is FCc1nnc2n1CCN(CCC1CSC(c3cc4cc(Oc5ccccc5)cc(NC5CCCC5)c4[nH]3)=N1)C2. The smallest absolute Gasteiger partial charge is 0.164 e. The lowest BCUT2D eigenvalue weighted by molar-refractivity contribution is 0.208. The molecule has 8 nitrogen and oxygen atoms in total. The number of ether oxygens (including phenoxy) is 1. The molecule has 0 bridgehead atoms. The molecule has 10 heteroatoms. The largest absolute Gasteiger partial charge is 0.457 e. The van der Waals surface area contributed by atoms with Crippen molar-refractivity contribution in [3.8, 4) is 11.5 Å². The number of fused-ring (bicyclic) bond motifs is 2. The highest BCUT2D eigenvalue weighted by molar-refractivity contribution is 8.14. The van der Waals surface area contributed by atoms with Crippen LogP contribution in [0.5, 0.6) is 11.5 Å². The summed E-state index contributed by atoms with van der Waals surface area (Å²) in [5.74, 6) is 3.95. The zero-order valence-corrected chi connectivity index (χ0v) is 23.3. The van der Waals surface area contributed by atoms with Crippen LogP contribution in [0.2, 0.25) is 0 Å². The fraction of sp³-hybridized carbons (Fsp3) is 0.433. The number of benzene rings is 2. The van der Waals surface area contributed by atoms with E-state index in [1.165, 1.54) is 25.7 Å². The minimum absolute atomic E-state index is 0.278. The van der Waals surface area contributed by atoms with E-state index >= 15 is 0 Å². The van der Waals surface area contributed by atoms with Crippen LogP contribution in [-0.4, -0.2) is 60.6 Å². The van der Waals surface area contributed by atoms with Crippen LogP contribution < -0.4 is 10.1 Å². The topological polar surface area (TPSA) is 83.4 Å². The van der Waals surface area contributed by atoms with Crippen molar-refractivity contribution in [2.24, 2.45) is 4.99 Å². The second-order valence-electron chi connectivity index (χ2n) is 10.9. The lowest BCUT2D eigenvalue weighted by atomic mass is 10.1. The van der Waals surface area contributed by atoms with Crippen molar-refractivity contribution in [1.82, 2.24) is 24.6 Å². The van der Waals surface area contributed by atoms with Gasteiger partial charge < -0.3 is 19.6 Å². The van der Waals surface area contributed by atoms with Crippen molar-refractivity contribution in [3.63, 3.8) is 0 Å². The first-order valence-electron chi connectivity index (χ1n) is 14.3. The highest BCUT2D eigenvalue weighted by Gasteiger charge is 2.25. The molecule has 4 heterocycles. The van der Waals surface area contributed by atoms with Crippen LogP contribution in [0.25, 0.3) is 10.9 Å². The van der Waals surface area contributed by atoms with E-state index in [9.17, 15) is 4.39 Å². The normalized spacial score (nSPS) is 19.7. The summed E-state index contributed by atoms with van der Waals surface area (Å²) in [5.41, 5.74) is 3.27. The predicted octanol–water partition coefficient (Wildman–Crippen LogP) is 6.14. The van der Waals surface area contributed by atoms with Crippen LogP contribution >= 0.6 is 11.8 Å². The first kappa shape index (κ1) is 25.6. The van der Waals surface area contributed by atoms with E-state index in [0.29, 0.717) is 11.9 Å². The third-order valence-electron chi connectivity index (χ3n) is 8.15. The van der Waals surface area contributed by atoms with Gasteiger partial charge >= 0.3 is 0 Å². The Kier molecular flexibility index (Phi) is 7.20. The van der Waals surface area contributed by atoms with E-state index in [-0.39, 0.29) is 6.04 Å². The van der Waals surface area contributed by atoms with Gasteiger partial charge in [0.25, 0.3) is 0 Å². The van der Waals surface area contributed by atoms with Gasteiger partial charge in [-0.05, 0) is 43.5 Å². The Morgan fingerprint density at radius 3 is 2.77 bits per heavy atom. The van der Waals surface area contributed by atoms with Crippen molar-refractivity contribution in [2.45, 2.75) is 64.0 Å². The number of nitrogens with one attached hydrogen (secondary N) is 2. The van der Waals surface area contributed by atoms with Gasteiger partial charge in [0, 0.05) is 42.9 Å². The standard InChI is InChI=1S/C30H34FN7OS/c31-17-27-35-36-28-18-37(12-13-38(27)28)11-10-22-19-40-30(33-22)26-15-20-14-24(39-23-8-2-1-3-9-23)16-25(29(20)34-26)32-21-6-4-5-7-21/h1-3,8-9,14-16,21-22,32,34H,4-7,10-13,17-19H2. The van der Waals surface area contributed by atoms with Crippen molar-refractivity contribution >= 4 is 33.4 Å². The Bertz CT molecular complexity index is 1510. The van der Waals surface area contributed by atoms with Crippen LogP contribution in [0.1, 0.15) is 49.4 Å². The Labute approximate surface area is 237 Å². The zero-order chi connectivity index (χ0) is 26.9. The van der Waals surface area contributed by atoms with E-state index in [1.54, 1.807) is 0 Å². The van der Waals surface area contributed by atoms with E-state index in [2.05, 4.69) is 43.6 Å². The first-order chi connectivity index (χ1) is 19.7. The number of aromatic amines is 1. The summed E-state index contributed by atoms with van der Waals surface area (Å²) < 4.78 is 21.3. The van der Waals surface area contributed by atoms with E-state index in [0.717, 1.165) is 83.0 Å². The molecule has 1 saturated carbocycles. The molecule has 7 rings (SSSR count). The quantitative estimate of drug-likeness (QED) is 0.256. The van der Waals surface area contributed by atoms with E-state index in [1.807, 2.05) is 46.7 Å². The van der Waals surface area contributed by atoms with Crippen molar-refractivity contribution in [3.05, 3.63) is 65.9 Å². The molecule has 1 unspecified atom stereocenters. The summed E-state index contributed by atoms with van der Waals surface area (Å²) in [4.78, 5) is 11.2. The summed E-state index contributed by atoms with van der Waals surface area (Å²) in [6.07, 6.45) is 5.96. The second kappa shape index (κ2) is 11.2. The molecule has 3 aliphatic rings. The van der Waals surface area contributed by atoms with Crippen molar-refractivity contribution in [2.75, 3.05) is 24.2 Å². The van der Waals surface area contributed by atoms with Gasteiger partial charge in [-0.1, -0.05) is 31.0 Å². The summed E-state index contributed by atoms with van der Waals surface area (Å²) in [6.45, 7) is 2.74. The number of thioether (sulfide) groups is 1. The minimum atomic E-state index is -0.558. The Morgan fingerprint density at radius 2 is 1.93 bits per heavy atom. The zero-order valence-electron chi connectivity index (χ0n) is 22.5. The minimum Gasteiger partial charge on any atom is -0.457 e. The van der Waals surface area contributed by atoms with Gasteiger partial charge in [-0.15, -0.1) is 22.0 Å². The molecule has 4 aromatic rings. The number of hydrogen-bond donors (Lipinski definition) is 2. The molecule has 40 heavy (non-hydrogen) atoms. The average molecular weight is 560 g/mol. The average Bonchev–Trinajstić information content (AvgIpc) is 3.79. The maximum Gasteiger partial charge on any atom is 0.164 e. The Hall–Kier alpha value is -3.37. The maximum atomic E-state index is 13.1. The fourth-order valence-corrected chi connectivity index (χ4v) is 7.10. The number of halogens is 1. The van der Waals surface area contributed by atoms with Crippen LogP contribution in [-0.2, 0) is 19.8 Å². The number of nitrogens with zero attached hydrogens (tertiary/aromatic N) is 5. The number of aromatic nitrogens is 4. The Balaban J connectivity index is 1.07. The van der Waals surface area contributed by atoms with Crippen LogP contribution in [0, 0.1) is 0 Å². The molecule has 2 aromatic carbocycles. The molecule has 0 saturated heterocycles. The molecule has 208 valence electrons. The van der Waals surface area contributed by atoms with Gasteiger partial charge in [0.05, 0.1) is 29.5 Å². The number of para-hydroxylation sites is 1. The van der Waals surface area contributed by atoms with Gasteiger partial charge in [-0.2, -0.15) is 0 Å². The summed E-state index contributed by atoms with van der Waals surface area (Å²) in [6, 6.07) is 17.2. The lowest BCUT2D eigenvalue weighted by Gasteiger charge is -2.27. The van der Waals surface area contributed by atoms with Gasteiger partial charge in [0.2, 0.25) is 0 Å². The molecular weight excluding hydrogens is 525 g/mol.